The van der Waals surface area contributed by atoms with Gasteiger partial charge in [-0.2, -0.15) is 48.8 Å². The van der Waals surface area contributed by atoms with Gasteiger partial charge in [-0.1, -0.05) is 58.0 Å². The van der Waals surface area contributed by atoms with E-state index in [-0.39, 0.29) is 69.5 Å². The van der Waals surface area contributed by atoms with Crippen LogP contribution in [0.25, 0.3) is 0 Å². The quantitative estimate of drug-likeness (QED) is 0.0125. The van der Waals surface area contributed by atoms with Crippen LogP contribution < -0.4 is 118 Å². The van der Waals surface area contributed by atoms with Crippen LogP contribution in [0.15, 0.2) is 30.3 Å². The van der Waals surface area contributed by atoms with Crippen LogP contribution in [0.5, 0.6) is 0 Å². The molecule has 0 fully saturated rings. The van der Waals surface area contributed by atoms with Crippen molar-refractivity contribution in [3.05, 3.63) is 35.9 Å². The number of aliphatic hydroxyl groups is 5. The molecular weight excluding hydrogens is 1920 g/mol. The van der Waals surface area contributed by atoms with Crippen molar-refractivity contribution in [1.82, 2.24) is 101 Å². The zero-order chi connectivity index (χ0) is 106. The first-order valence-corrected chi connectivity index (χ1v) is 47.7. The highest BCUT2D eigenvalue weighted by Gasteiger charge is 2.41. The number of carboxylic acids is 4. The zero-order valence-corrected chi connectivity index (χ0v) is 81.1. The molecule has 139 heavy (non-hydrogen) atoms. The van der Waals surface area contributed by atoms with Gasteiger partial charge in [0.2, 0.25) is 106 Å². The molecule has 0 aliphatic rings. The maximum atomic E-state index is 14.4. The average Bonchev–Trinajstić information content (AvgIpc) is 0.844. The van der Waals surface area contributed by atoms with E-state index < -0.39 is 333 Å². The third-order valence-electron chi connectivity index (χ3n) is 20.3. The summed E-state index contributed by atoms with van der Waals surface area (Å²) < 4.78 is 0. The normalized spacial score (nSPS) is 15.2. The third kappa shape index (κ3) is 47.0. The van der Waals surface area contributed by atoms with E-state index in [4.69, 9.17) is 22.6 Å². The predicted molar refractivity (Wildman–Crippen MR) is 504 cm³/mol. The molecule has 58 heteroatoms. The predicted octanol–water partition coefficient (Wildman–Crippen LogP) is -12.7. The Morgan fingerprint density at radius 2 is 0.647 bits per heavy atom. The van der Waals surface area contributed by atoms with Crippen molar-refractivity contribution >= 4 is 185 Å². The lowest BCUT2D eigenvalue weighted by Crippen LogP contribution is -2.62. The molecule has 35 N–H and O–H groups in total. The molecule has 0 aliphatic carbocycles. The summed E-state index contributed by atoms with van der Waals surface area (Å²) in [4.78, 5) is 297. The Balaban J connectivity index is 3.55. The summed E-state index contributed by atoms with van der Waals surface area (Å²) in [6.45, 7) is 2.76. The molecule has 1 aromatic carbocycles. The number of guanidine groups is 1. The fraction of sp³-hybridized carbons (Fsp3) is 0.642. The Labute approximate surface area is 818 Å². The van der Waals surface area contributed by atoms with Gasteiger partial charge >= 0.3 is 23.9 Å². The summed E-state index contributed by atoms with van der Waals surface area (Å²) in [6, 6.07) is -24.8. The van der Waals surface area contributed by atoms with Gasteiger partial charge in [0.05, 0.1) is 45.9 Å². The minimum atomic E-state index is -2.14. The van der Waals surface area contributed by atoms with Gasteiger partial charge in [-0.15, -0.1) is 0 Å². The number of carbonyl (C=O) groups excluding carboxylic acids is 18. The van der Waals surface area contributed by atoms with Crippen LogP contribution >= 0.6 is 48.8 Å². The molecule has 19 atom stereocenters. The molecule has 0 radical (unpaired) electrons. The number of hydrogen-bond donors (Lipinski definition) is 34. The number of carbonyl (C=O) groups is 22. The minimum absolute atomic E-state index is 0.0540. The van der Waals surface area contributed by atoms with Crippen molar-refractivity contribution in [3.63, 3.8) is 0 Å². The lowest BCUT2D eigenvalue weighted by atomic mass is 10.0. The van der Waals surface area contributed by atoms with Crippen molar-refractivity contribution in [2.24, 2.45) is 29.0 Å². The van der Waals surface area contributed by atoms with Crippen LogP contribution in [0, 0.1) is 17.2 Å². The van der Waals surface area contributed by atoms with E-state index in [9.17, 15) is 151 Å². The van der Waals surface area contributed by atoms with Crippen molar-refractivity contribution in [2.75, 3.05) is 81.6 Å². The number of rotatable bonds is 69. The molecule has 782 valence electrons. The number of thiol groups is 2. The smallest absolute Gasteiger partial charge is 0.328 e. The topological polar surface area (TPSA) is 888 Å². The molecule has 1 aromatic rings. The van der Waals surface area contributed by atoms with E-state index in [2.05, 4.69) is 126 Å². The van der Waals surface area contributed by atoms with Crippen LogP contribution in [0.3, 0.4) is 0 Å². The summed E-state index contributed by atoms with van der Waals surface area (Å²) >= 11 is 10.7. The van der Waals surface area contributed by atoms with E-state index in [1.54, 1.807) is 30.7 Å². The number of amides is 18. The Kier molecular flexibility index (Phi) is 59.8. The maximum absolute atomic E-state index is 14.4. The highest BCUT2D eigenvalue weighted by atomic mass is 32.2. The highest BCUT2D eigenvalue weighted by molar-refractivity contribution is 7.98. The summed E-state index contributed by atoms with van der Waals surface area (Å²) in [5.41, 5.74) is 17.1. The summed E-state index contributed by atoms with van der Waals surface area (Å²) in [5.74, 6) is -30.0. The molecular formula is C81H133N23O31S4. The molecule has 18 amide bonds. The lowest BCUT2D eigenvalue weighted by molar-refractivity contribution is -0.143. The second-order valence-electron chi connectivity index (χ2n) is 32.1. The van der Waals surface area contributed by atoms with Crippen molar-refractivity contribution in [1.29, 1.82) is 5.41 Å². The van der Waals surface area contributed by atoms with Crippen LogP contribution in [0.1, 0.15) is 118 Å². The number of thioether (sulfide) groups is 2. The van der Waals surface area contributed by atoms with E-state index in [0.717, 1.165) is 6.92 Å². The fourth-order valence-electron chi connectivity index (χ4n) is 12.4. The van der Waals surface area contributed by atoms with Gasteiger partial charge < -0.3 is 164 Å². The first-order valence-electron chi connectivity index (χ1n) is 43.6. The van der Waals surface area contributed by atoms with E-state index >= 15 is 0 Å². The van der Waals surface area contributed by atoms with Crippen molar-refractivity contribution < 1.29 is 151 Å². The molecule has 0 aliphatic heterocycles. The Morgan fingerprint density at radius 3 is 1.01 bits per heavy atom. The largest absolute Gasteiger partial charge is 0.481 e. The van der Waals surface area contributed by atoms with Crippen molar-refractivity contribution in [2.45, 2.75) is 233 Å². The standard InChI is InChI=1S/C81H133N23O31S4/c1-37(2)60(104-75(129)53(33-108)97-67(121)45(19-20-57(110)111)91-76(130)55(35-136)101-64(118)42(83)30-105)78(132)96-50(29-59(114)115)72(126)102-56(36-137)77(131)95-48(27-41-15-10-9-11-16-41)70(124)88-40(6)63(117)94-49(28-58(112)113)71(125)98-51(31-106)73(127)90-44(18-14-24-86-81(84)85)66(120)92-46(21-25-138-7)65(119)87-39(5)62(116)89-43(17-12-13-23-82)69(123)103-61(38(3)4)79(133)99-52(32-107)74(128)93-47(22-26-139-8)68(122)100-54(34-109)80(134)135/h9-11,15-16,37-40,42-56,60-61,105-109,136-137H,12-14,17-36,82-83H2,1-8H3,(H,87,119)(H,88,124)(H,89,116)(H,90,127)(H,91,130)(H,92,120)(H,93,128)(H,94,117)(H,95,131)(H,96,132)(H,97,121)(H,98,125)(H,99,133)(H,100,122)(H,101,118)(H,102,126)(H,103,123)(H,104,129)(H,110,111)(H,112,113)(H,114,115)(H,134,135)(H4,84,85,86)/t39-,40-,42-,43-,44-,45-,46-,47-,48-,49-,50-,51-,52-,53-,54-,55-,56-,60-,61-/m0/s1. The van der Waals surface area contributed by atoms with Crippen LogP contribution in [-0.2, 0) is 112 Å². The molecule has 0 heterocycles. The molecule has 0 aromatic heterocycles. The molecule has 0 saturated heterocycles. The average molecular weight is 2050 g/mol. The Bertz CT molecular complexity index is 4330. The van der Waals surface area contributed by atoms with Gasteiger partial charge in [0, 0.05) is 30.9 Å². The molecule has 0 spiro atoms. The van der Waals surface area contributed by atoms with Crippen LogP contribution in [0.2, 0.25) is 0 Å². The SMILES string of the molecule is CSCC[C@H](NC(=O)[C@H](CCCNC(=N)N)NC(=O)[C@H](CO)NC(=O)[C@H](CC(=O)O)NC(=O)[C@H](C)NC(=O)[C@H](Cc1ccccc1)NC(=O)[C@H](CS)NC(=O)[C@H](CC(=O)O)NC(=O)[C@@H](NC(=O)[C@H](CO)NC(=O)[C@H](CCC(=O)O)NC(=O)[C@H](CS)NC(=O)[C@@H](N)CO)C(C)C)C(=O)N[C@@H](C)C(=O)N[C@@H](CCCCN)C(=O)N[C@H](C(=O)N[C@@H](CO)C(=O)N[C@@H](CCSC)C(=O)N[C@@H](CO)C(=O)O)C(C)C. The second-order valence-corrected chi connectivity index (χ2v) is 34.8. The first-order chi connectivity index (χ1) is 65.5. The molecule has 54 nitrogen and oxygen atoms in total. The number of benzene rings is 1. The summed E-state index contributed by atoms with van der Waals surface area (Å²) in [7, 11) is 0. The van der Waals surface area contributed by atoms with Gasteiger partial charge in [-0.3, -0.25) is 106 Å². The molecule has 1 rings (SSSR count). The van der Waals surface area contributed by atoms with Crippen LogP contribution in [0.4, 0.5) is 0 Å². The summed E-state index contributed by atoms with van der Waals surface area (Å²) in [5, 5.41) is 140. The highest BCUT2D eigenvalue weighted by Crippen LogP contribution is 2.15. The number of nitrogens with two attached hydrogens (primary N) is 3. The van der Waals surface area contributed by atoms with E-state index in [1.165, 1.54) is 70.3 Å². The third-order valence-corrected chi connectivity index (χ3v) is 22.3. The maximum Gasteiger partial charge on any atom is 0.328 e. The number of aliphatic carboxylic acids is 4. The monoisotopic (exact) mass is 2050 g/mol. The Morgan fingerprint density at radius 1 is 0.345 bits per heavy atom. The molecule has 0 unspecified atom stereocenters. The number of aliphatic hydroxyl groups excluding tert-OH is 5. The van der Waals surface area contributed by atoms with Gasteiger partial charge in [0.25, 0.3) is 0 Å². The van der Waals surface area contributed by atoms with E-state index in [1.807, 2.05) is 0 Å². The molecule has 0 bridgehead atoms. The number of carboxylic acid groups (broad SMARTS) is 4. The first kappa shape index (κ1) is 125. The minimum Gasteiger partial charge on any atom is -0.481 e. The zero-order valence-electron chi connectivity index (χ0n) is 77.7. The van der Waals surface area contributed by atoms with Gasteiger partial charge in [-0.05, 0) is 113 Å². The van der Waals surface area contributed by atoms with Crippen molar-refractivity contribution in [3.8, 4) is 0 Å². The second kappa shape index (κ2) is 66.5. The number of nitrogens with one attached hydrogen (secondary N) is 20. The Hall–Kier alpha value is -12.0. The number of hydrogen-bond acceptors (Lipinski definition) is 34. The van der Waals surface area contributed by atoms with Gasteiger partial charge in [-0.25, -0.2) is 4.79 Å². The fourth-order valence-corrected chi connectivity index (χ4v) is 13.8. The van der Waals surface area contributed by atoms with Gasteiger partial charge in [0.1, 0.15) is 115 Å². The lowest BCUT2D eigenvalue weighted by Gasteiger charge is -2.28. The van der Waals surface area contributed by atoms with Crippen LogP contribution in [-0.4, -0.2) is 379 Å². The summed E-state index contributed by atoms with van der Waals surface area (Å²) in [6.07, 6.45) is -1.01. The number of unbranched alkanes of at least 4 members (excludes halogenated alkanes) is 1. The molecule has 0 saturated carbocycles. The van der Waals surface area contributed by atoms with E-state index in [0.29, 0.717) is 12.0 Å². The van der Waals surface area contributed by atoms with Gasteiger partial charge in [0.15, 0.2) is 5.96 Å².